The molecule has 0 saturated carbocycles. The van der Waals surface area contributed by atoms with Crippen LogP contribution in [-0.4, -0.2) is 25.8 Å². The molecule has 0 atom stereocenters. The predicted molar refractivity (Wildman–Crippen MR) is 37.2 cm³/mol. The molecule has 10 heavy (non-hydrogen) atoms. The fraction of sp³-hybridized carbons (Fsp3) is 0.500. The second-order valence-electron chi connectivity index (χ2n) is 1.55. The zero-order chi connectivity index (χ0) is 7.82. The lowest BCUT2D eigenvalue weighted by molar-refractivity contribution is 0.158. The minimum absolute atomic E-state index is 0.261. The summed E-state index contributed by atoms with van der Waals surface area (Å²) in [4.78, 5) is 9.96. The van der Waals surface area contributed by atoms with Crippen molar-refractivity contribution in [3.63, 3.8) is 0 Å². The van der Waals surface area contributed by atoms with Crippen LogP contribution in [0.5, 0.6) is 0 Å². The third kappa shape index (κ3) is 6.79. The van der Waals surface area contributed by atoms with E-state index in [1.54, 1.807) is 0 Å². The van der Waals surface area contributed by atoms with Gasteiger partial charge in [-0.25, -0.2) is 4.79 Å². The topological polar surface area (TPSA) is 64.3 Å². The highest BCUT2D eigenvalue weighted by atomic mass is 16.5. The van der Waals surface area contributed by atoms with Crippen LogP contribution in [0.1, 0.15) is 0 Å². The third-order valence-corrected chi connectivity index (χ3v) is 0.750. The Bertz CT molecular complexity index is 139. The molecule has 0 aromatic heterocycles. The van der Waals surface area contributed by atoms with Crippen molar-refractivity contribution < 1.29 is 9.53 Å². The molecule has 0 heterocycles. The number of hydrogen-bond acceptors (Lipinski definition) is 3. The number of carbonyl (C=O) groups is 1. The average molecular weight is 142 g/mol. The monoisotopic (exact) mass is 142 g/mol. The molecule has 0 unspecified atom stereocenters. The molecule has 0 saturated heterocycles. The molecule has 56 valence electrons. The molecule has 4 nitrogen and oxygen atoms in total. The van der Waals surface area contributed by atoms with Crippen LogP contribution >= 0.6 is 0 Å². The van der Waals surface area contributed by atoms with E-state index in [2.05, 4.69) is 21.7 Å². The number of nitrogens with one attached hydrogen (secondary N) is 1. The van der Waals surface area contributed by atoms with Crippen molar-refractivity contribution in [2.45, 2.75) is 0 Å². The summed E-state index contributed by atoms with van der Waals surface area (Å²) in [6.07, 6.45) is 4.16. The lowest BCUT2D eigenvalue weighted by Crippen LogP contribution is -2.23. The Kier molecular flexibility index (Phi) is 5.20. The van der Waals surface area contributed by atoms with Gasteiger partial charge < -0.3 is 15.8 Å². The summed E-state index contributed by atoms with van der Waals surface area (Å²) in [5, 5.41) is 2.82. The minimum Gasteiger partial charge on any atom is -0.448 e. The molecule has 0 aliphatic rings. The molecular weight excluding hydrogens is 132 g/mol. The highest BCUT2D eigenvalue weighted by molar-refractivity contribution is 5.64. The van der Waals surface area contributed by atoms with E-state index >= 15 is 0 Å². The first-order valence-electron chi connectivity index (χ1n) is 2.83. The van der Waals surface area contributed by atoms with Gasteiger partial charge in [-0.1, -0.05) is 5.92 Å². The van der Waals surface area contributed by atoms with Crippen LogP contribution in [0.3, 0.4) is 0 Å². The van der Waals surface area contributed by atoms with Gasteiger partial charge in [-0.2, -0.15) is 0 Å². The van der Waals surface area contributed by atoms with Gasteiger partial charge in [-0.3, -0.25) is 0 Å². The number of ether oxygens (including phenoxy) is 1. The van der Waals surface area contributed by atoms with Crippen LogP contribution in [0.15, 0.2) is 0 Å². The lowest BCUT2D eigenvalue weighted by Gasteiger charge is -1.99. The molecule has 3 N–H and O–H groups in total. The van der Waals surface area contributed by atoms with Gasteiger partial charge >= 0.3 is 6.09 Å². The van der Waals surface area contributed by atoms with E-state index in [4.69, 9.17) is 6.42 Å². The Morgan fingerprint density at radius 2 is 2.50 bits per heavy atom. The Morgan fingerprint density at radius 3 is 3.00 bits per heavy atom. The number of hydrogen-bond donors (Lipinski definition) is 2. The van der Waals surface area contributed by atoms with Gasteiger partial charge in [0, 0.05) is 6.54 Å². The van der Waals surface area contributed by atoms with E-state index in [9.17, 15) is 4.79 Å². The highest BCUT2D eigenvalue weighted by Gasteiger charge is 1.90. The molecule has 0 rings (SSSR count). The maximum Gasteiger partial charge on any atom is 0.404 e. The normalized spacial score (nSPS) is 8.30. The van der Waals surface area contributed by atoms with Crippen molar-refractivity contribution >= 4 is 6.09 Å². The molecule has 0 fully saturated rings. The highest BCUT2D eigenvalue weighted by Crippen LogP contribution is 1.69. The quantitative estimate of drug-likeness (QED) is 0.403. The average Bonchev–Trinajstić information content (AvgIpc) is 1.87. The number of primary amides is 1. The molecule has 4 heteroatoms. The van der Waals surface area contributed by atoms with E-state index in [1.807, 2.05) is 0 Å². The standard InChI is InChI=1S/C6H10N2O2/c1-2-3-8-4-5-10-6(7)9/h1,8H,3-5H2,(H2,7,9). The summed E-state index contributed by atoms with van der Waals surface area (Å²) in [5.41, 5.74) is 4.68. The number of carbonyl (C=O) groups excluding carboxylic acids is 1. The smallest absolute Gasteiger partial charge is 0.404 e. The number of rotatable bonds is 4. The van der Waals surface area contributed by atoms with Crippen molar-refractivity contribution in [3.05, 3.63) is 0 Å². The summed E-state index contributed by atoms with van der Waals surface area (Å²) in [7, 11) is 0. The molecule has 0 aromatic rings. The molecule has 0 aliphatic heterocycles. The summed E-state index contributed by atoms with van der Waals surface area (Å²) < 4.78 is 4.40. The summed E-state index contributed by atoms with van der Waals surface area (Å²) in [6, 6.07) is 0. The van der Waals surface area contributed by atoms with Gasteiger partial charge in [-0.15, -0.1) is 6.42 Å². The lowest BCUT2D eigenvalue weighted by atomic mass is 10.6. The zero-order valence-electron chi connectivity index (χ0n) is 5.59. The number of nitrogens with two attached hydrogens (primary N) is 1. The van der Waals surface area contributed by atoms with Crippen molar-refractivity contribution in [1.29, 1.82) is 0 Å². The molecular formula is C6H10N2O2. The molecule has 0 aliphatic carbocycles. The largest absolute Gasteiger partial charge is 0.448 e. The van der Waals surface area contributed by atoms with Gasteiger partial charge in [0.25, 0.3) is 0 Å². The first-order chi connectivity index (χ1) is 4.77. The van der Waals surface area contributed by atoms with Crippen LogP contribution in [-0.2, 0) is 4.74 Å². The van der Waals surface area contributed by atoms with E-state index < -0.39 is 6.09 Å². The molecule has 0 spiro atoms. The third-order valence-electron chi connectivity index (χ3n) is 0.750. The van der Waals surface area contributed by atoms with E-state index in [-0.39, 0.29) is 6.61 Å². The maximum absolute atomic E-state index is 9.96. The van der Waals surface area contributed by atoms with Crippen molar-refractivity contribution in [3.8, 4) is 12.3 Å². The first-order valence-corrected chi connectivity index (χ1v) is 2.83. The summed E-state index contributed by atoms with van der Waals surface area (Å²) in [5.74, 6) is 2.37. The minimum atomic E-state index is -0.762. The van der Waals surface area contributed by atoms with Crippen LogP contribution in [0.2, 0.25) is 0 Å². The van der Waals surface area contributed by atoms with Gasteiger partial charge in [0.1, 0.15) is 6.61 Å². The SMILES string of the molecule is C#CCNCCOC(N)=O. The predicted octanol–water partition coefficient (Wildman–Crippen LogP) is -0.696. The van der Waals surface area contributed by atoms with Crippen LogP contribution in [0, 0.1) is 12.3 Å². The van der Waals surface area contributed by atoms with Crippen LogP contribution < -0.4 is 11.1 Å². The molecule has 1 amide bonds. The summed E-state index contributed by atoms with van der Waals surface area (Å²) in [6.45, 7) is 1.27. The van der Waals surface area contributed by atoms with Gasteiger partial charge in [0.05, 0.1) is 6.54 Å². The van der Waals surface area contributed by atoms with Crippen LogP contribution in [0.4, 0.5) is 4.79 Å². The van der Waals surface area contributed by atoms with Gasteiger partial charge in [0.15, 0.2) is 0 Å². The maximum atomic E-state index is 9.96. The molecule has 0 radical (unpaired) electrons. The van der Waals surface area contributed by atoms with E-state index in [1.165, 1.54) is 0 Å². The van der Waals surface area contributed by atoms with Crippen LogP contribution in [0.25, 0.3) is 0 Å². The Balaban J connectivity index is 2.92. The number of amides is 1. The van der Waals surface area contributed by atoms with Crippen molar-refractivity contribution in [2.75, 3.05) is 19.7 Å². The second kappa shape index (κ2) is 5.92. The second-order valence-corrected chi connectivity index (χ2v) is 1.55. The fourth-order valence-corrected chi connectivity index (χ4v) is 0.384. The number of terminal acetylenes is 1. The fourth-order valence-electron chi connectivity index (χ4n) is 0.384. The Labute approximate surface area is 59.7 Å². The molecule has 0 bridgehead atoms. The van der Waals surface area contributed by atoms with Gasteiger partial charge in [-0.05, 0) is 0 Å². The Hall–Kier alpha value is -1.21. The zero-order valence-corrected chi connectivity index (χ0v) is 5.59. The van der Waals surface area contributed by atoms with E-state index in [0.717, 1.165) is 0 Å². The van der Waals surface area contributed by atoms with Crippen molar-refractivity contribution in [1.82, 2.24) is 5.32 Å². The van der Waals surface area contributed by atoms with E-state index in [0.29, 0.717) is 13.1 Å². The summed E-state index contributed by atoms with van der Waals surface area (Å²) >= 11 is 0. The van der Waals surface area contributed by atoms with Crippen molar-refractivity contribution in [2.24, 2.45) is 5.73 Å². The molecule has 0 aromatic carbocycles. The van der Waals surface area contributed by atoms with Gasteiger partial charge in [0.2, 0.25) is 0 Å². The first kappa shape index (κ1) is 8.79. The Morgan fingerprint density at radius 1 is 1.80 bits per heavy atom.